The molecule has 0 spiro atoms. The summed E-state index contributed by atoms with van der Waals surface area (Å²) in [6.07, 6.45) is 35.2. The molecule has 1 aromatic carbocycles. The topological polar surface area (TPSA) is 84.8 Å². The molecule has 45 heavy (non-hydrogen) atoms. The maximum atomic E-state index is 10.5. The van der Waals surface area contributed by atoms with Gasteiger partial charge in [0.05, 0.1) is 17.9 Å². The van der Waals surface area contributed by atoms with Crippen molar-refractivity contribution >= 4 is 11.4 Å². The zero-order valence-corrected chi connectivity index (χ0v) is 29.9. The molecule has 264 valence electrons. The van der Waals surface area contributed by atoms with Crippen LogP contribution < -0.4 is 10.6 Å². The maximum Gasteiger partial charge on any atom is 0.140 e. The number of hydrogen-bond donors (Lipinski definition) is 5. The Hall–Kier alpha value is -1.46. The van der Waals surface area contributed by atoms with E-state index in [2.05, 4.69) is 24.5 Å². The third-order valence-corrected chi connectivity index (χ3v) is 9.37. The van der Waals surface area contributed by atoms with Crippen molar-refractivity contribution < 1.29 is 15.3 Å². The lowest BCUT2D eigenvalue weighted by Crippen LogP contribution is -2.22. The number of unbranched alkanes of at least 4 members (excludes halogenated alkanes) is 24. The molecule has 0 radical (unpaired) electrons. The summed E-state index contributed by atoms with van der Waals surface area (Å²) < 4.78 is 0. The van der Waals surface area contributed by atoms with Crippen LogP contribution in [0.15, 0.2) is 18.2 Å². The average Bonchev–Trinajstić information content (AvgIpc) is 3.04. The Labute approximate surface area is 279 Å². The molecule has 0 aromatic heterocycles. The smallest absolute Gasteiger partial charge is 0.140 e. The Morgan fingerprint density at radius 1 is 0.467 bits per heavy atom. The molecule has 0 aliphatic carbocycles. The zero-order valence-electron chi connectivity index (χ0n) is 29.9. The molecule has 0 saturated carbocycles. The number of anilines is 2. The molecule has 2 atom stereocenters. The molecule has 1 aromatic rings. The van der Waals surface area contributed by atoms with Gasteiger partial charge < -0.3 is 26.0 Å². The van der Waals surface area contributed by atoms with E-state index in [4.69, 9.17) is 0 Å². The molecule has 0 fully saturated rings. The molecule has 0 amide bonds. The third kappa shape index (κ3) is 25.3. The molecular formula is C40H76N2O3. The first-order chi connectivity index (χ1) is 22.1. The highest BCUT2D eigenvalue weighted by Crippen LogP contribution is 2.31. The number of phenols is 1. The fourth-order valence-electron chi connectivity index (χ4n) is 6.32. The number of aliphatic hydroxyl groups is 2. The van der Waals surface area contributed by atoms with E-state index in [1.807, 2.05) is 12.1 Å². The second kappa shape index (κ2) is 31.2. The van der Waals surface area contributed by atoms with Crippen molar-refractivity contribution in [1.29, 1.82) is 0 Å². The molecule has 0 bridgehead atoms. The maximum absolute atomic E-state index is 10.5. The van der Waals surface area contributed by atoms with Crippen LogP contribution >= 0.6 is 0 Å². The predicted molar refractivity (Wildman–Crippen MR) is 198 cm³/mol. The molecule has 0 aliphatic heterocycles. The second-order valence-electron chi connectivity index (χ2n) is 13.8. The van der Waals surface area contributed by atoms with E-state index in [1.54, 1.807) is 6.07 Å². The van der Waals surface area contributed by atoms with Crippen molar-refractivity contribution in [2.75, 3.05) is 23.7 Å². The van der Waals surface area contributed by atoms with Crippen LogP contribution in [0.3, 0.4) is 0 Å². The van der Waals surface area contributed by atoms with Crippen LogP contribution in [0.5, 0.6) is 5.75 Å². The quantitative estimate of drug-likeness (QED) is 0.0385. The number of para-hydroxylation sites is 1. The Morgan fingerprint density at radius 2 is 0.800 bits per heavy atom. The first-order valence-corrected chi connectivity index (χ1v) is 19.7. The van der Waals surface area contributed by atoms with Crippen LogP contribution in [0.25, 0.3) is 0 Å². The molecule has 0 heterocycles. The number of hydrogen-bond acceptors (Lipinski definition) is 5. The second-order valence-corrected chi connectivity index (χ2v) is 13.8. The number of aromatic hydroxyl groups is 1. The predicted octanol–water partition coefficient (Wildman–Crippen LogP) is 11.9. The van der Waals surface area contributed by atoms with Gasteiger partial charge in [-0.2, -0.15) is 0 Å². The van der Waals surface area contributed by atoms with Gasteiger partial charge in [0, 0.05) is 13.1 Å². The lowest BCUT2D eigenvalue weighted by atomic mass is 10.0. The van der Waals surface area contributed by atoms with Gasteiger partial charge in [-0.1, -0.05) is 187 Å². The summed E-state index contributed by atoms with van der Waals surface area (Å²) in [5.74, 6) is 0.166. The van der Waals surface area contributed by atoms with Crippen molar-refractivity contribution in [1.82, 2.24) is 0 Å². The summed E-state index contributed by atoms with van der Waals surface area (Å²) in [4.78, 5) is 0. The standard InChI is InChI=1S/C40H76N2O3/c1-3-5-7-9-11-13-15-17-19-21-23-25-27-30-36(43)34-41-38-32-29-33-39(45)40(38)42-35-37(44)31-28-26-24-22-20-18-16-14-12-10-8-6-4-2/h29,32-33,36-37,41-45H,3-28,30-31,34-35H2,1-2H3. The fourth-order valence-corrected chi connectivity index (χ4v) is 6.32. The van der Waals surface area contributed by atoms with E-state index in [9.17, 15) is 15.3 Å². The van der Waals surface area contributed by atoms with Gasteiger partial charge in [-0.3, -0.25) is 0 Å². The van der Waals surface area contributed by atoms with Crippen LogP contribution in [0.2, 0.25) is 0 Å². The van der Waals surface area contributed by atoms with Crippen molar-refractivity contribution in [3.05, 3.63) is 18.2 Å². The summed E-state index contributed by atoms with van der Waals surface area (Å²) in [6, 6.07) is 5.39. The van der Waals surface area contributed by atoms with Crippen LogP contribution in [-0.4, -0.2) is 40.6 Å². The van der Waals surface area contributed by atoms with E-state index in [0.717, 1.165) is 31.4 Å². The van der Waals surface area contributed by atoms with Gasteiger partial charge in [0.1, 0.15) is 11.4 Å². The van der Waals surface area contributed by atoms with Crippen LogP contribution in [0.4, 0.5) is 11.4 Å². The molecule has 5 nitrogen and oxygen atoms in total. The monoisotopic (exact) mass is 633 g/mol. The van der Waals surface area contributed by atoms with Gasteiger partial charge in [0.25, 0.3) is 0 Å². The van der Waals surface area contributed by atoms with Gasteiger partial charge in [0.2, 0.25) is 0 Å². The minimum atomic E-state index is -0.439. The van der Waals surface area contributed by atoms with Crippen molar-refractivity contribution in [3.63, 3.8) is 0 Å². The Morgan fingerprint density at radius 3 is 1.18 bits per heavy atom. The highest BCUT2D eigenvalue weighted by atomic mass is 16.3. The number of rotatable bonds is 34. The Bertz CT molecular complexity index is 759. The Kier molecular flexibility index (Phi) is 28.8. The first-order valence-electron chi connectivity index (χ1n) is 19.7. The number of aliphatic hydroxyl groups excluding tert-OH is 2. The fraction of sp³-hybridized carbons (Fsp3) is 0.850. The zero-order chi connectivity index (χ0) is 32.6. The SMILES string of the molecule is CCCCCCCCCCCCCCCC(O)CNc1cccc(O)c1NCC(O)CCCCCCCCCCCCCCC. The largest absolute Gasteiger partial charge is 0.506 e. The van der Waals surface area contributed by atoms with Crippen molar-refractivity contribution in [2.24, 2.45) is 0 Å². The highest BCUT2D eigenvalue weighted by Gasteiger charge is 2.12. The molecular weight excluding hydrogens is 556 g/mol. The van der Waals surface area contributed by atoms with E-state index >= 15 is 0 Å². The lowest BCUT2D eigenvalue weighted by Gasteiger charge is -2.19. The summed E-state index contributed by atoms with van der Waals surface area (Å²) in [5, 5.41) is 38.1. The Balaban J connectivity index is 2.08. The van der Waals surface area contributed by atoms with Crippen molar-refractivity contribution in [3.8, 4) is 5.75 Å². The minimum Gasteiger partial charge on any atom is -0.506 e. The van der Waals surface area contributed by atoms with E-state index in [1.165, 1.54) is 154 Å². The minimum absolute atomic E-state index is 0.166. The van der Waals surface area contributed by atoms with Gasteiger partial charge in [-0.15, -0.1) is 0 Å². The van der Waals surface area contributed by atoms with Crippen LogP contribution in [0.1, 0.15) is 194 Å². The first kappa shape index (κ1) is 41.6. The summed E-state index contributed by atoms with van der Waals surface area (Å²) in [6.45, 7) is 5.42. The van der Waals surface area contributed by atoms with Crippen LogP contribution in [-0.2, 0) is 0 Å². The summed E-state index contributed by atoms with van der Waals surface area (Å²) >= 11 is 0. The number of nitrogens with one attached hydrogen (secondary N) is 2. The molecule has 0 saturated heterocycles. The van der Waals surface area contributed by atoms with E-state index in [0.29, 0.717) is 18.8 Å². The van der Waals surface area contributed by atoms with Crippen LogP contribution in [0, 0.1) is 0 Å². The van der Waals surface area contributed by atoms with Gasteiger partial charge in [0.15, 0.2) is 0 Å². The molecule has 5 heteroatoms. The van der Waals surface area contributed by atoms with Gasteiger partial charge >= 0.3 is 0 Å². The summed E-state index contributed by atoms with van der Waals surface area (Å²) in [7, 11) is 0. The summed E-state index contributed by atoms with van der Waals surface area (Å²) in [5.41, 5.74) is 1.38. The van der Waals surface area contributed by atoms with Gasteiger partial charge in [-0.25, -0.2) is 0 Å². The molecule has 0 aliphatic rings. The van der Waals surface area contributed by atoms with E-state index in [-0.39, 0.29) is 5.75 Å². The number of benzene rings is 1. The normalized spacial score (nSPS) is 12.8. The lowest BCUT2D eigenvalue weighted by molar-refractivity contribution is 0.172. The van der Waals surface area contributed by atoms with Gasteiger partial charge in [-0.05, 0) is 25.0 Å². The average molecular weight is 633 g/mol. The highest BCUT2D eigenvalue weighted by molar-refractivity contribution is 5.75. The third-order valence-electron chi connectivity index (χ3n) is 9.37. The number of phenolic OH excluding ortho intramolecular Hbond substituents is 1. The van der Waals surface area contributed by atoms with E-state index < -0.39 is 12.2 Å². The molecule has 5 N–H and O–H groups in total. The van der Waals surface area contributed by atoms with Crippen molar-refractivity contribution in [2.45, 2.75) is 206 Å². The molecule has 2 unspecified atom stereocenters. The molecule has 1 rings (SSSR count).